The normalized spacial score (nSPS) is 10.6. The minimum atomic E-state index is -2.25. The van der Waals surface area contributed by atoms with Crippen molar-refractivity contribution in [1.29, 1.82) is 0 Å². The Morgan fingerprint density at radius 3 is 1.95 bits per heavy atom. The monoisotopic (exact) mass is 273 g/mol. The lowest BCUT2D eigenvalue weighted by atomic mass is 10.0. The number of rotatable bonds is 2. The van der Waals surface area contributed by atoms with E-state index in [1.807, 2.05) is 0 Å². The summed E-state index contributed by atoms with van der Waals surface area (Å²) in [5.41, 5.74) is -1.86. The van der Waals surface area contributed by atoms with Crippen LogP contribution in [0.2, 0.25) is 0 Å². The maximum absolute atomic E-state index is 13.5. The Morgan fingerprint density at radius 2 is 1.42 bits per heavy atom. The van der Waals surface area contributed by atoms with Crippen LogP contribution in [0.3, 0.4) is 0 Å². The standard InChI is InChI=1S/C12H4F5NO/c13-8-7(6-1-2-18-3-5(6)4-19)9(14)11(16)12(17)10(8)15/h1-4H. The number of hydrogen-bond acceptors (Lipinski definition) is 2. The number of carbonyl (C=O) groups is 1. The maximum atomic E-state index is 13.5. The van der Waals surface area contributed by atoms with Crippen molar-refractivity contribution in [3.05, 3.63) is 53.1 Å². The van der Waals surface area contributed by atoms with E-state index in [4.69, 9.17) is 0 Å². The van der Waals surface area contributed by atoms with Gasteiger partial charge in [-0.15, -0.1) is 0 Å². The van der Waals surface area contributed by atoms with Gasteiger partial charge in [0.2, 0.25) is 5.82 Å². The van der Waals surface area contributed by atoms with Gasteiger partial charge in [-0.25, -0.2) is 22.0 Å². The second-order valence-electron chi connectivity index (χ2n) is 3.53. The first-order valence-electron chi connectivity index (χ1n) is 4.90. The molecule has 2 nitrogen and oxygen atoms in total. The molecule has 2 rings (SSSR count). The molecular formula is C12H4F5NO. The summed E-state index contributed by atoms with van der Waals surface area (Å²) >= 11 is 0. The molecule has 0 fully saturated rings. The Morgan fingerprint density at radius 1 is 0.895 bits per heavy atom. The van der Waals surface area contributed by atoms with Crippen molar-refractivity contribution in [3.63, 3.8) is 0 Å². The van der Waals surface area contributed by atoms with Crippen LogP contribution in [-0.2, 0) is 0 Å². The summed E-state index contributed by atoms with van der Waals surface area (Å²) in [5, 5.41) is 0. The summed E-state index contributed by atoms with van der Waals surface area (Å²) in [6.07, 6.45) is 2.24. The van der Waals surface area contributed by atoms with Gasteiger partial charge in [-0.05, 0) is 6.07 Å². The van der Waals surface area contributed by atoms with Crippen molar-refractivity contribution >= 4 is 6.29 Å². The molecule has 0 unspecified atom stereocenters. The third-order valence-corrected chi connectivity index (χ3v) is 2.46. The molecule has 0 aliphatic heterocycles. The highest BCUT2D eigenvalue weighted by Crippen LogP contribution is 2.32. The molecule has 0 atom stereocenters. The van der Waals surface area contributed by atoms with Crippen molar-refractivity contribution in [1.82, 2.24) is 4.98 Å². The molecule has 98 valence electrons. The molecule has 0 aliphatic rings. The second-order valence-corrected chi connectivity index (χ2v) is 3.53. The molecule has 0 N–H and O–H groups in total. The first-order valence-corrected chi connectivity index (χ1v) is 4.90. The van der Waals surface area contributed by atoms with E-state index >= 15 is 0 Å². The van der Waals surface area contributed by atoms with E-state index in [1.165, 1.54) is 0 Å². The van der Waals surface area contributed by atoms with Crippen molar-refractivity contribution in [2.75, 3.05) is 0 Å². The lowest BCUT2D eigenvalue weighted by Gasteiger charge is -2.09. The molecule has 0 aliphatic carbocycles. The van der Waals surface area contributed by atoms with E-state index in [9.17, 15) is 26.7 Å². The number of benzene rings is 1. The van der Waals surface area contributed by atoms with Gasteiger partial charge in [-0.1, -0.05) is 0 Å². The molecule has 1 aromatic carbocycles. The van der Waals surface area contributed by atoms with Crippen LogP contribution in [0, 0.1) is 29.1 Å². The molecule has 0 saturated heterocycles. The number of halogens is 5. The van der Waals surface area contributed by atoms with Gasteiger partial charge in [0.05, 0.1) is 5.56 Å². The van der Waals surface area contributed by atoms with Crippen LogP contribution < -0.4 is 0 Å². The minimum absolute atomic E-state index is 0.209. The average molecular weight is 273 g/mol. The van der Waals surface area contributed by atoms with E-state index in [0.29, 0.717) is 0 Å². The van der Waals surface area contributed by atoms with Gasteiger partial charge in [-0.2, -0.15) is 0 Å². The molecule has 2 aromatic rings. The smallest absolute Gasteiger partial charge is 0.200 e. The van der Waals surface area contributed by atoms with Gasteiger partial charge in [0, 0.05) is 23.5 Å². The summed E-state index contributed by atoms with van der Waals surface area (Å²) in [6.45, 7) is 0. The number of pyridine rings is 1. The van der Waals surface area contributed by atoms with Gasteiger partial charge in [0.15, 0.2) is 29.6 Å². The Kier molecular flexibility index (Phi) is 3.28. The van der Waals surface area contributed by atoms with Crippen LogP contribution >= 0.6 is 0 Å². The topological polar surface area (TPSA) is 30.0 Å². The zero-order chi connectivity index (χ0) is 14.2. The van der Waals surface area contributed by atoms with Crippen molar-refractivity contribution in [3.8, 4) is 11.1 Å². The van der Waals surface area contributed by atoms with Gasteiger partial charge in [0.25, 0.3) is 0 Å². The third kappa shape index (κ3) is 1.96. The fraction of sp³-hybridized carbons (Fsp3) is 0. The van der Waals surface area contributed by atoms with Crippen molar-refractivity contribution in [2.24, 2.45) is 0 Å². The van der Waals surface area contributed by atoms with Gasteiger partial charge >= 0.3 is 0 Å². The van der Waals surface area contributed by atoms with E-state index in [-0.39, 0.29) is 11.8 Å². The highest BCUT2D eigenvalue weighted by atomic mass is 19.2. The molecule has 7 heteroatoms. The van der Waals surface area contributed by atoms with Gasteiger partial charge < -0.3 is 0 Å². The average Bonchev–Trinajstić information content (AvgIpc) is 2.44. The van der Waals surface area contributed by atoms with Crippen LogP contribution in [-0.4, -0.2) is 11.3 Å². The van der Waals surface area contributed by atoms with Gasteiger partial charge in [0.1, 0.15) is 0 Å². The second kappa shape index (κ2) is 4.75. The molecule has 0 amide bonds. The van der Waals surface area contributed by atoms with E-state index in [0.717, 1.165) is 18.5 Å². The molecule has 1 heterocycles. The zero-order valence-corrected chi connectivity index (χ0v) is 9.05. The fourth-order valence-electron chi connectivity index (χ4n) is 1.57. The third-order valence-electron chi connectivity index (χ3n) is 2.46. The fourth-order valence-corrected chi connectivity index (χ4v) is 1.57. The maximum Gasteiger partial charge on any atom is 0.200 e. The summed E-state index contributed by atoms with van der Waals surface area (Å²) in [4.78, 5) is 14.2. The van der Waals surface area contributed by atoms with Crippen LogP contribution in [0.5, 0.6) is 0 Å². The van der Waals surface area contributed by atoms with Gasteiger partial charge in [-0.3, -0.25) is 9.78 Å². The molecule has 1 aromatic heterocycles. The lowest BCUT2D eigenvalue weighted by molar-refractivity contribution is 0.112. The minimum Gasteiger partial charge on any atom is -0.298 e. The molecule has 19 heavy (non-hydrogen) atoms. The first kappa shape index (κ1) is 13.1. The number of aldehydes is 1. The van der Waals surface area contributed by atoms with Crippen LogP contribution in [0.1, 0.15) is 10.4 Å². The molecule has 0 spiro atoms. The predicted octanol–water partition coefficient (Wildman–Crippen LogP) is 3.26. The highest BCUT2D eigenvalue weighted by molar-refractivity contribution is 5.87. The Hall–Kier alpha value is -2.31. The number of aromatic nitrogens is 1. The molecule has 0 saturated carbocycles. The molecular weight excluding hydrogens is 269 g/mol. The van der Waals surface area contributed by atoms with Crippen LogP contribution in [0.4, 0.5) is 22.0 Å². The van der Waals surface area contributed by atoms with E-state index in [1.54, 1.807) is 0 Å². The summed E-state index contributed by atoms with van der Waals surface area (Å²) in [7, 11) is 0. The summed E-state index contributed by atoms with van der Waals surface area (Å²) in [6, 6.07) is 0.988. The SMILES string of the molecule is O=Cc1cnccc1-c1c(F)c(F)c(F)c(F)c1F. The number of carbonyl (C=O) groups excluding carboxylic acids is 1. The summed E-state index contributed by atoms with van der Waals surface area (Å²) in [5.74, 6) is -10.4. The van der Waals surface area contributed by atoms with Crippen molar-refractivity contribution < 1.29 is 26.7 Å². The first-order chi connectivity index (χ1) is 8.99. The summed E-state index contributed by atoms with van der Waals surface area (Å²) < 4.78 is 66.1. The quantitative estimate of drug-likeness (QED) is 0.364. The van der Waals surface area contributed by atoms with Crippen molar-refractivity contribution in [2.45, 2.75) is 0 Å². The largest absolute Gasteiger partial charge is 0.298 e. The Balaban J connectivity index is 2.87. The number of nitrogens with zero attached hydrogens (tertiary/aromatic N) is 1. The Labute approximate surface area is 103 Å². The van der Waals surface area contributed by atoms with Crippen LogP contribution in [0.15, 0.2) is 18.5 Å². The molecule has 0 radical (unpaired) electrons. The Bertz CT molecular complexity index is 642. The van der Waals surface area contributed by atoms with Crippen LogP contribution in [0.25, 0.3) is 11.1 Å². The highest BCUT2D eigenvalue weighted by Gasteiger charge is 2.27. The predicted molar refractivity (Wildman–Crippen MR) is 54.9 cm³/mol. The van der Waals surface area contributed by atoms with E-state index in [2.05, 4.69) is 4.98 Å². The van der Waals surface area contributed by atoms with E-state index < -0.39 is 40.2 Å². The zero-order valence-electron chi connectivity index (χ0n) is 9.05. The lowest BCUT2D eigenvalue weighted by Crippen LogP contribution is -2.05. The molecule has 0 bridgehead atoms. The number of hydrogen-bond donors (Lipinski definition) is 0.